The second kappa shape index (κ2) is 3.33. The van der Waals surface area contributed by atoms with Gasteiger partial charge in [0.25, 0.3) is 0 Å². The summed E-state index contributed by atoms with van der Waals surface area (Å²) in [6.07, 6.45) is 0.500. The zero-order valence-corrected chi connectivity index (χ0v) is 8.84. The summed E-state index contributed by atoms with van der Waals surface area (Å²) in [4.78, 5) is 3.34. The first-order valence-electron chi connectivity index (χ1n) is 4.49. The average Bonchev–Trinajstić information content (AvgIpc) is 1.95. The zero-order chi connectivity index (χ0) is 11.0. The van der Waals surface area contributed by atoms with Crippen LogP contribution in [0.15, 0.2) is 16.8 Å². The zero-order valence-electron chi connectivity index (χ0n) is 8.84. The molecule has 14 heavy (non-hydrogen) atoms. The highest BCUT2D eigenvalue weighted by molar-refractivity contribution is 5.74. The Kier molecular flexibility index (Phi) is 2.65. The van der Waals surface area contributed by atoms with Gasteiger partial charge in [-0.1, -0.05) is 0 Å². The molecule has 0 saturated heterocycles. The molecule has 0 aromatic carbocycles. The number of hydrogen-bond donors (Lipinski definition) is 0. The van der Waals surface area contributed by atoms with E-state index in [1.165, 1.54) is 6.92 Å². The van der Waals surface area contributed by atoms with Gasteiger partial charge in [-0.3, -0.25) is 4.99 Å². The molecule has 1 aliphatic rings. The highest BCUT2D eigenvalue weighted by atomic mass is 19.1. The second-order valence-corrected chi connectivity index (χ2v) is 4.47. The lowest BCUT2D eigenvalue weighted by molar-refractivity contribution is 0.0164. The predicted octanol–water partition coefficient (Wildman–Crippen LogP) is 2.79. The van der Waals surface area contributed by atoms with Crippen LogP contribution >= 0.6 is 0 Å². The lowest BCUT2D eigenvalue weighted by atomic mass is 10.0. The monoisotopic (exact) mass is 203 g/mol. The first kappa shape index (κ1) is 11.1. The molecule has 2 nitrogen and oxygen atoms in total. The van der Waals surface area contributed by atoms with Crippen LogP contribution in [0.5, 0.6) is 0 Å². The van der Waals surface area contributed by atoms with Crippen molar-refractivity contribution >= 4 is 6.21 Å². The lowest BCUT2D eigenvalue weighted by Crippen LogP contribution is -2.34. The van der Waals surface area contributed by atoms with Gasteiger partial charge in [-0.05, 0) is 27.7 Å². The summed E-state index contributed by atoms with van der Waals surface area (Å²) in [6.45, 7) is 6.63. The molecular formula is C10H15F2NO. The fourth-order valence-corrected chi connectivity index (χ4v) is 1.07. The maximum absolute atomic E-state index is 13.7. The van der Waals surface area contributed by atoms with Crippen molar-refractivity contribution in [2.24, 2.45) is 4.99 Å². The third kappa shape index (κ3) is 2.79. The van der Waals surface area contributed by atoms with Crippen molar-refractivity contribution in [3.8, 4) is 0 Å². The molecule has 1 aliphatic heterocycles. The lowest BCUT2D eigenvalue weighted by Gasteiger charge is -2.30. The van der Waals surface area contributed by atoms with Gasteiger partial charge in [0.05, 0.1) is 0 Å². The molecule has 2 unspecified atom stereocenters. The first-order valence-corrected chi connectivity index (χ1v) is 4.49. The first-order chi connectivity index (χ1) is 6.21. The summed E-state index contributed by atoms with van der Waals surface area (Å²) in [6, 6.07) is 0. The van der Waals surface area contributed by atoms with Crippen LogP contribution in [0.1, 0.15) is 27.7 Å². The van der Waals surface area contributed by atoms with E-state index in [1.807, 2.05) is 0 Å². The van der Waals surface area contributed by atoms with E-state index in [2.05, 4.69) is 4.99 Å². The molecule has 2 atom stereocenters. The summed E-state index contributed by atoms with van der Waals surface area (Å²) >= 11 is 0. The molecule has 1 heterocycles. The highest BCUT2D eigenvalue weighted by Gasteiger charge is 2.34. The number of rotatable bonds is 1. The van der Waals surface area contributed by atoms with Crippen molar-refractivity contribution in [2.75, 3.05) is 0 Å². The molecule has 0 aromatic heterocycles. The van der Waals surface area contributed by atoms with Crippen LogP contribution in [0.2, 0.25) is 0 Å². The largest absolute Gasteiger partial charge is 0.489 e. The molecule has 4 heteroatoms. The van der Waals surface area contributed by atoms with Crippen molar-refractivity contribution in [2.45, 2.75) is 45.3 Å². The normalized spacial score (nSPS) is 32.7. The Morgan fingerprint density at radius 2 is 2.07 bits per heavy atom. The summed E-state index contributed by atoms with van der Waals surface area (Å²) < 4.78 is 31.9. The van der Waals surface area contributed by atoms with Gasteiger partial charge < -0.3 is 4.74 Å². The molecule has 0 fully saturated rings. The van der Waals surface area contributed by atoms with Crippen LogP contribution in [-0.4, -0.2) is 23.8 Å². The fraction of sp³-hybridized carbons (Fsp3) is 0.700. The summed E-state index contributed by atoms with van der Waals surface area (Å²) in [5.41, 5.74) is -2.35. The van der Waals surface area contributed by atoms with E-state index in [0.717, 1.165) is 12.3 Å². The van der Waals surface area contributed by atoms with Crippen molar-refractivity contribution in [3.05, 3.63) is 11.8 Å². The number of alkyl halides is 2. The minimum atomic E-state index is -1.81. The Labute approximate surface area is 82.7 Å². The topological polar surface area (TPSA) is 21.6 Å². The molecule has 0 saturated carbocycles. The Bertz CT molecular complexity index is 276. The molecule has 0 bridgehead atoms. The quantitative estimate of drug-likeness (QED) is 0.600. The molecule has 0 radical (unpaired) electrons. The Morgan fingerprint density at radius 3 is 2.57 bits per heavy atom. The van der Waals surface area contributed by atoms with Gasteiger partial charge in [0.15, 0.2) is 5.67 Å². The molecule has 0 amide bonds. The van der Waals surface area contributed by atoms with E-state index >= 15 is 0 Å². The van der Waals surface area contributed by atoms with Crippen LogP contribution in [0.25, 0.3) is 0 Å². The molecule has 0 N–H and O–H groups in total. The van der Waals surface area contributed by atoms with Gasteiger partial charge in [-0.25, -0.2) is 8.78 Å². The van der Waals surface area contributed by atoms with Gasteiger partial charge in [0, 0.05) is 12.3 Å². The van der Waals surface area contributed by atoms with E-state index in [4.69, 9.17) is 4.74 Å². The van der Waals surface area contributed by atoms with Crippen LogP contribution < -0.4 is 0 Å². The minimum Gasteiger partial charge on any atom is -0.489 e. The van der Waals surface area contributed by atoms with Gasteiger partial charge >= 0.3 is 0 Å². The number of dihydropyridines is 1. The van der Waals surface area contributed by atoms with Gasteiger partial charge in [-0.2, -0.15) is 0 Å². The predicted molar refractivity (Wildman–Crippen MR) is 51.8 cm³/mol. The van der Waals surface area contributed by atoms with Crippen molar-refractivity contribution < 1.29 is 13.5 Å². The van der Waals surface area contributed by atoms with Crippen molar-refractivity contribution in [1.29, 1.82) is 0 Å². The SMILES string of the molecule is CC(C)(C)OC1=CC(F)N=CC1(C)F. The van der Waals surface area contributed by atoms with Gasteiger partial charge in [0.2, 0.25) is 6.30 Å². The van der Waals surface area contributed by atoms with E-state index in [1.54, 1.807) is 20.8 Å². The number of ether oxygens (including phenoxy) is 1. The number of hydrogen-bond acceptors (Lipinski definition) is 2. The Morgan fingerprint density at radius 1 is 1.50 bits per heavy atom. The summed E-state index contributed by atoms with van der Waals surface area (Å²) in [5, 5.41) is 0. The van der Waals surface area contributed by atoms with Crippen molar-refractivity contribution in [1.82, 2.24) is 0 Å². The standard InChI is InChI=1S/C10H15F2NO/c1-9(2,3)14-7-5-8(11)13-6-10(7,4)12/h5-6,8H,1-4H3. The fourth-order valence-electron chi connectivity index (χ4n) is 1.07. The smallest absolute Gasteiger partial charge is 0.211 e. The average molecular weight is 203 g/mol. The number of nitrogens with zero attached hydrogens (tertiary/aromatic N) is 1. The molecule has 80 valence electrons. The third-order valence-corrected chi connectivity index (χ3v) is 1.65. The maximum Gasteiger partial charge on any atom is 0.211 e. The Hall–Kier alpha value is -0.930. The second-order valence-electron chi connectivity index (χ2n) is 4.47. The summed E-state index contributed by atoms with van der Waals surface area (Å²) in [7, 11) is 0. The maximum atomic E-state index is 13.7. The van der Waals surface area contributed by atoms with Crippen LogP contribution in [0.3, 0.4) is 0 Å². The van der Waals surface area contributed by atoms with E-state index in [-0.39, 0.29) is 5.76 Å². The van der Waals surface area contributed by atoms with E-state index in [0.29, 0.717) is 0 Å². The number of halogens is 2. The molecule has 0 aliphatic carbocycles. The Balaban J connectivity index is 2.85. The van der Waals surface area contributed by atoms with Crippen LogP contribution in [0.4, 0.5) is 8.78 Å². The number of aliphatic imine (C=N–C) groups is 1. The van der Waals surface area contributed by atoms with Crippen LogP contribution in [-0.2, 0) is 4.74 Å². The molecule has 1 rings (SSSR count). The van der Waals surface area contributed by atoms with Crippen LogP contribution in [0, 0.1) is 0 Å². The molecule has 0 spiro atoms. The highest BCUT2D eigenvalue weighted by Crippen LogP contribution is 2.29. The molecule has 0 aromatic rings. The van der Waals surface area contributed by atoms with Crippen molar-refractivity contribution in [3.63, 3.8) is 0 Å². The summed E-state index contributed by atoms with van der Waals surface area (Å²) in [5.74, 6) is -0.00694. The number of allylic oxidation sites excluding steroid dienone is 1. The van der Waals surface area contributed by atoms with E-state index < -0.39 is 17.6 Å². The van der Waals surface area contributed by atoms with E-state index in [9.17, 15) is 8.78 Å². The van der Waals surface area contributed by atoms with Gasteiger partial charge in [0.1, 0.15) is 11.4 Å². The molecular weight excluding hydrogens is 188 g/mol. The third-order valence-electron chi connectivity index (χ3n) is 1.65. The van der Waals surface area contributed by atoms with Gasteiger partial charge in [-0.15, -0.1) is 0 Å². The minimum absolute atomic E-state index is 0.00694.